The number of benzene rings is 2. The molecule has 0 atom stereocenters. The van der Waals surface area contributed by atoms with Crippen molar-refractivity contribution < 1.29 is 4.79 Å². The zero-order chi connectivity index (χ0) is 21.5. The SMILES string of the molecule is O=C(NCCN1CCN(c2cnc(-c3ccccc3)cn2)CC1)Nc1ccc(Cl)cc1. The standard InChI is InChI=1S/C23H25ClN6O/c24-19-6-8-20(9-7-19)28-23(31)25-10-11-29-12-14-30(15-13-29)22-17-26-21(16-27-22)18-4-2-1-3-5-18/h1-9,16-17H,10-15H2,(H2,25,28,31). The van der Waals surface area contributed by atoms with E-state index in [1.165, 1.54) is 0 Å². The van der Waals surface area contributed by atoms with Gasteiger partial charge < -0.3 is 15.5 Å². The maximum Gasteiger partial charge on any atom is 0.319 e. The fourth-order valence-electron chi connectivity index (χ4n) is 3.48. The number of rotatable bonds is 6. The minimum atomic E-state index is -0.213. The van der Waals surface area contributed by atoms with Gasteiger partial charge in [0.25, 0.3) is 0 Å². The molecule has 160 valence electrons. The van der Waals surface area contributed by atoms with Crippen molar-refractivity contribution in [2.45, 2.75) is 0 Å². The van der Waals surface area contributed by atoms with Gasteiger partial charge in [0, 0.05) is 55.5 Å². The number of hydrogen-bond acceptors (Lipinski definition) is 5. The molecule has 0 aliphatic carbocycles. The van der Waals surface area contributed by atoms with Crippen LogP contribution in [0, 0.1) is 0 Å². The predicted molar refractivity (Wildman–Crippen MR) is 125 cm³/mol. The van der Waals surface area contributed by atoms with Crippen LogP contribution in [-0.2, 0) is 0 Å². The molecule has 31 heavy (non-hydrogen) atoms. The summed E-state index contributed by atoms with van der Waals surface area (Å²) in [5, 5.41) is 6.34. The summed E-state index contributed by atoms with van der Waals surface area (Å²) >= 11 is 5.85. The van der Waals surface area contributed by atoms with Gasteiger partial charge in [-0.2, -0.15) is 0 Å². The van der Waals surface area contributed by atoms with Crippen molar-refractivity contribution in [1.82, 2.24) is 20.2 Å². The first-order valence-electron chi connectivity index (χ1n) is 10.3. The number of nitrogens with zero attached hydrogens (tertiary/aromatic N) is 4. The van der Waals surface area contributed by atoms with E-state index in [0.29, 0.717) is 11.6 Å². The van der Waals surface area contributed by atoms with Crippen LogP contribution in [0.4, 0.5) is 16.3 Å². The lowest BCUT2D eigenvalue weighted by Gasteiger charge is -2.35. The molecule has 0 radical (unpaired) electrons. The highest BCUT2D eigenvalue weighted by Gasteiger charge is 2.18. The van der Waals surface area contributed by atoms with Crippen LogP contribution in [0.5, 0.6) is 0 Å². The average Bonchev–Trinajstić information content (AvgIpc) is 2.82. The summed E-state index contributed by atoms with van der Waals surface area (Å²) < 4.78 is 0. The van der Waals surface area contributed by atoms with Crippen molar-refractivity contribution in [2.24, 2.45) is 0 Å². The molecule has 0 spiro atoms. The third-order valence-electron chi connectivity index (χ3n) is 5.22. The van der Waals surface area contributed by atoms with E-state index in [2.05, 4.69) is 30.4 Å². The summed E-state index contributed by atoms with van der Waals surface area (Å²) in [6, 6.07) is 16.9. The Balaban J connectivity index is 1.18. The molecule has 1 aliphatic heterocycles. The average molecular weight is 437 g/mol. The number of hydrogen-bond donors (Lipinski definition) is 2. The Morgan fingerprint density at radius 1 is 0.935 bits per heavy atom. The van der Waals surface area contributed by atoms with Gasteiger partial charge in [0.15, 0.2) is 0 Å². The Kier molecular flexibility index (Phi) is 6.96. The van der Waals surface area contributed by atoms with E-state index >= 15 is 0 Å². The van der Waals surface area contributed by atoms with Crippen molar-refractivity contribution >= 4 is 29.1 Å². The van der Waals surface area contributed by atoms with Crippen molar-refractivity contribution in [2.75, 3.05) is 49.5 Å². The van der Waals surface area contributed by atoms with Gasteiger partial charge in [-0.1, -0.05) is 41.9 Å². The fourth-order valence-corrected chi connectivity index (χ4v) is 3.61. The molecule has 1 saturated heterocycles. The second kappa shape index (κ2) is 10.2. The van der Waals surface area contributed by atoms with Gasteiger partial charge in [0.1, 0.15) is 5.82 Å². The van der Waals surface area contributed by atoms with Crippen LogP contribution in [0.3, 0.4) is 0 Å². The highest BCUT2D eigenvalue weighted by molar-refractivity contribution is 6.30. The number of piperazine rings is 1. The number of urea groups is 1. The minimum absolute atomic E-state index is 0.213. The molecule has 2 aromatic carbocycles. The summed E-state index contributed by atoms with van der Waals surface area (Å²) in [6.45, 7) is 5.00. The first-order valence-corrected chi connectivity index (χ1v) is 10.7. The molecule has 1 aromatic heterocycles. The van der Waals surface area contributed by atoms with Crippen LogP contribution < -0.4 is 15.5 Å². The molecule has 2 heterocycles. The lowest BCUT2D eigenvalue weighted by Crippen LogP contribution is -2.49. The highest BCUT2D eigenvalue weighted by Crippen LogP contribution is 2.18. The maximum atomic E-state index is 12.0. The van der Waals surface area contributed by atoms with Crippen molar-refractivity contribution in [3.63, 3.8) is 0 Å². The van der Waals surface area contributed by atoms with E-state index in [4.69, 9.17) is 11.6 Å². The van der Waals surface area contributed by atoms with Gasteiger partial charge >= 0.3 is 6.03 Å². The topological polar surface area (TPSA) is 73.4 Å². The molecule has 2 amide bonds. The van der Waals surface area contributed by atoms with Gasteiger partial charge in [-0.25, -0.2) is 9.78 Å². The van der Waals surface area contributed by atoms with Gasteiger partial charge in [-0.05, 0) is 24.3 Å². The smallest absolute Gasteiger partial charge is 0.319 e. The number of amides is 2. The number of halogens is 1. The van der Waals surface area contributed by atoms with E-state index in [0.717, 1.165) is 55.5 Å². The number of nitrogens with one attached hydrogen (secondary N) is 2. The summed E-state index contributed by atoms with van der Waals surface area (Å²) in [6.07, 6.45) is 3.68. The summed E-state index contributed by atoms with van der Waals surface area (Å²) in [5.74, 6) is 0.903. The molecule has 4 rings (SSSR count). The Hall–Kier alpha value is -3.16. The molecule has 0 saturated carbocycles. The van der Waals surface area contributed by atoms with Gasteiger partial charge in [0.2, 0.25) is 0 Å². The molecule has 1 fully saturated rings. The lowest BCUT2D eigenvalue weighted by atomic mass is 10.2. The van der Waals surface area contributed by atoms with Gasteiger partial charge in [-0.3, -0.25) is 9.88 Å². The van der Waals surface area contributed by atoms with Gasteiger partial charge in [-0.15, -0.1) is 0 Å². The predicted octanol–water partition coefficient (Wildman–Crippen LogP) is 3.74. The number of carbonyl (C=O) groups is 1. The van der Waals surface area contributed by atoms with Crippen molar-refractivity contribution in [3.05, 3.63) is 72.0 Å². The zero-order valence-corrected chi connectivity index (χ0v) is 17.9. The Morgan fingerprint density at radius 3 is 2.35 bits per heavy atom. The summed E-state index contributed by atoms with van der Waals surface area (Å²) in [5.41, 5.74) is 2.67. The largest absolute Gasteiger partial charge is 0.353 e. The van der Waals surface area contributed by atoms with E-state index in [1.54, 1.807) is 24.3 Å². The van der Waals surface area contributed by atoms with Crippen LogP contribution in [-0.4, -0.2) is 60.2 Å². The third kappa shape index (κ3) is 5.93. The van der Waals surface area contributed by atoms with E-state index in [9.17, 15) is 4.79 Å². The second-order valence-corrected chi connectivity index (χ2v) is 7.78. The van der Waals surface area contributed by atoms with Gasteiger partial charge in [0.05, 0.1) is 18.1 Å². The molecule has 3 aromatic rings. The number of carbonyl (C=O) groups excluding carboxylic acids is 1. The zero-order valence-electron chi connectivity index (χ0n) is 17.2. The number of anilines is 2. The van der Waals surface area contributed by atoms with E-state index in [1.807, 2.05) is 42.7 Å². The number of aromatic nitrogens is 2. The monoisotopic (exact) mass is 436 g/mol. The van der Waals surface area contributed by atoms with Crippen molar-refractivity contribution in [1.29, 1.82) is 0 Å². The molecule has 2 N–H and O–H groups in total. The summed E-state index contributed by atoms with van der Waals surface area (Å²) in [4.78, 5) is 25.8. The van der Waals surface area contributed by atoms with Crippen LogP contribution in [0.1, 0.15) is 0 Å². The van der Waals surface area contributed by atoms with E-state index < -0.39 is 0 Å². The molecular weight excluding hydrogens is 412 g/mol. The second-order valence-electron chi connectivity index (χ2n) is 7.34. The normalized spacial score (nSPS) is 14.3. The van der Waals surface area contributed by atoms with Crippen molar-refractivity contribution in [3.8, 4) is 11.3 Å². The Bertz CT molecular complexity index is 973. The quantitative estimate of drug-likeness (QED) is 0.615. The Labute approximate surface area is 187 Å². The minimum Gasteiger partial charge on any atom is -0.353 e. The molecule has 1 aliphatic rings. The molecule has 0 bridgehead atoms. The molecular formula is C23H25ClN6O. The van der Waals surface area contributed by atoms with E-state index in [-0.39, 0.29) is 6.03 Å². The van der Waals surface area contributed by atoms with Crippen LogP contribution >= 0.6 is 11.6 Å². The first kappa shape index (κ1) is 21.1. The Morgan fingerprint density at radius 2 is 1.68 bits per heavy atom. The maximum absolute atomic E-state index is 12.0. The highest BCUT2D eigenvalue weighted by atomic mass is 35.5. The first-order chi connectivity index (χ1) is 15.2. The lowest BCUT2D eigenvalue weighted by molar-refractivity contribution is 0.240. The molecule has 0 unspecified atom stereocenters. The molecule has 7 nitrogen and oxygen atoms in total. The summed E-state index contributed by atoms with van der Waals surface area (Å²) in [7, 11) is 0. The third-order valence-corrected chi connectivity index (χ3v) is 5.47. The van der Waals surface area contributed by atoms with Crippen LogP contribution in [0.2, 0.25) is 5.02 Å². The fraction of sp³-hybridized carbons (Fsp3) is 0.261. The van der Waals surface area contributed by atoms with Crippen LogP contribution in [0.25, 0.3) is 11.3 Å². The van der Waals surface area contributed by atoms with Crippen LogP contribution in [0.15, 0.2) is 67.0 Å². The molecule has 8 heteroatoms.